The lowest BCUT2D eigenvalue weighted by Gasteiger charge is -2.36. The number of aliphatic hydroxyl groups is 1. The Morgan fingerprint density at radius 2 is 1.67 bits per heavy atom. The van der Waals surface area contributed by atoms with E-state index in [4.69, 9.17) is 4.74 Å². The van der Waals surface area contributed by atoms with Crippen LogP contribution in [0, 0.1) is 0 Å². The van der Waals surface area contributed by atoms with Gasteiger partial charge in [-0.25, -0.2) is 8.42 Å². The summed E-state index contributed by atoms with van der Waals surface area (Å²) in [6, 6.07) is 7.40. The molecule has 0 spiro atoms. The molecule has 0 aliphatic carbocycles. The van der Waals surface area contributed by atoms with E-state index in [1.165, 1.54) is 0 Å². The number of benzene rings is 1. The average molecular weight is 310 g/mol. The van der Waals surface area contributed by atoms with E-state index in [2.05, 4.69) is 0 Å². The fourth-order valence-electron chi connectivity index (χ4n) is 3.60. The molecule has 1 aromatic carbocycles. The second-order valence-electron chi connectivity index (χ2n) is 6.54. The molecule has 3 rings (SSSR count). The fourth-order valence-corrected chi connectivity index (χ4v) is 6.09. The first kappa shape index (κ1) is 14.9. The lowest BCUT2D eigenvalue weighted by Crippen LogP contribution is -2.43. The van der Waals surface area contributed by atoms with Crippen LogP contribution >= 0.6 is 0 Å². The Labute approximate surface area is 126 Å². The second kappa shape index (κ2) is 4.99. The third-order valence-corrected chi connectivity index (χ3v) is 7.30. The van der Waals surface area contributed by atoms with Gasteiger partial charge in [-0.15, -0.1) is 0 Å². The Hall–Kier alpha value is -1.07. The van der Waals surface area contributed by atoms with E-state index in [9.17, 15) is 13.5 Å². The van der Waals surface area contributed by atoms with E-state index in [-0.39, 0.29) is 16.6 Å². The zero-order valence-corrected chi connectivity index (χ0v) is 13.3. The molecule has 2 saturated heterocycles. The maximum atomic E-state index is 12.1. The van der Waals surface area contributed by atoms with Gasteiger partial charge in [0.2, 0.25) is 0 Å². The number of hydrogen-bond donors (Lipinski definition) is 1. The van der Waals surface area contributed by atoms with Crippen molar-refractivity contribution in [3.05, 3.63) is 29.8 Å². The maximum absolute atomic E-state index is 12.1. The number of sulfone groups is 1. The summed E-state index contributed by atoms with van der Waals surface area (Å²) in [4.78, 5) is 0. The van der Waals surface area contributed by atoms with Crippen LogP contribution in [0.3, 0.4) is 0 Å². The minimum absolute atomic E-state index is 0.106. The van der Waals surface area contributed by atoms with Crippen molar-refractivity contribution in [3.63, 3.8) is 0 Å². The highest BCUT2D eigenvalue weighted by Crippen LogP contribution is 2.47. The van der Waals surface area contributed by atoms with Crippen LogP contribution in [0.5, 0.6) is 5.75 Å². The van der Waals surface area contributed by atoms with Gasteiger partial charge in [0.1, 0.15) is 5.75 Å². The van der Waals surface area contributed by atoms with Crippen LogP contribution in [0.1, 0.15) is 45.1 Å². The van der Waals surface area contributed by atoms with Gasteiger partial charge in [0.25, 0.3) is 0 Å². The zero-order chi connectivity index (χ0) is 15.3. The molecule has 2 heterocycles. The minimum atomic E-state index is -3.02. The lowest BCUT2D eigenvalue weighted by molar-refractivity contribution is 0.0173. The van der Waals surface area contributed by atoms with Crippen LogP contribution in [-0.2, 0) is 15.4 Å². The van der Waals surface area contributed by atoms with Gasteiger partial charge in [-0.2, -0.15) is 0 Å². The first-order valence-corrected chi connectivity index (χ1v) is 9.14. The highest BCUT2D eigenvalue weighted by atomic mass is 32.2. The normalized spacial score (nSPS) is 34.1. The van der Waals surface area contributed by atoms with E-state index >= 15 is 0 Å². The molecule has 2 unspecified atom stereocenters. The maximum Gasteiger partial charge on any atom is 0.156 e. The quantitative estimate of drug-likeness (QED) is 0.931. The molecule has 2 aliphatic rings. The Kier molecular flexibility index (Phi) is 3.53. The minimum Gasteiger partial charge on any atom is -0.491 e. The molecule has 2 atom stereocenters. The predicted molar refractivity (Wildman–Crippen MR) is 81.1 cm³/mol. The third kappa shape index (κ3) is 2.57. The molecule has 21 heavy (non-hydrogen) atoms. The zero-order valence-electron chi connectivity index (χ0n) is 12.5. The summed E-state index contributed by atoms with van der Waals surface area (Å²) in [6.45, 7) is 3.93. The summed E-state index contributed by atoms with van der Waals surface area (Å²) in [6.07, 6.45) is 2.11. The average Bonchev–Trinajstić information content (AvgIpc) is 2.59. The first-order chi connectivity index (χ1) is 9.81. The van der Waals surface area contributed by atoms with Gasteiger partial charge in [-0.05, 0) is 57.2 Å². The van der Waals surface area contributed by atoms with Gasteiger partial charge in [-0.1, -0.05) is 12.1 Å². The van der Waals surface area contributed by atoms with Gasteiger partial charge in [0, 0.05) is 0 Å². The van der Waals surface area contributed by atoms with E-state index in [1.54, 1.807) is 0 Å². The van der Waals surface area contributed by atoms with Crippen molar-refractivity contribution in [2.75, 3.05) is 0 Å². The summed E-state index contributed by atoms with van der Waals surface area (Å²) < 4.78 is 29.9. The van der Waals surface area contributed by atoms with Crippen LogP contribution in [0.15, 0.2) is 24.3 Å². The van der Waals surface area contributed by atoms with Crippen LogP contribution in [-0.4, -0.2) is 30.1 Å². The molecule has 0 radical (unpaired) electrons. The molecule has 4 nitrogen and oxygen atoms in total. The molecule has 0 aromatic heterocycles. The number of fused-ring (bicyclic) bond motifs is 2. The van der Waals surface area contributed by atoms with E-state index < -0.39 is 15.4 Å². The van der Waals surface area contributed by atoms with E-state index in [0.717, 1.165) is 11.3 Å². The fraction of sp³-hybridized carbons (Fsp3) is 0.625. The smallest absolute Gasteiger partial charge is 0.156 e. The lowest BCUT2D eigenvalue weighted by atomic mass is 9.86. The van der Waals surface area contributed by atoms with E-state index in [1.807, 2.05) is 38.1 Å². The summed E-state index contributed by atoms with van der Waals surface area (Å²) in [7, 11) is -3.02. The van der Waals surface area contributed by atoms with Crippen molar-refractivity contribution in [3.8, 4) is 5.75 Å². The Balaban J connectivity index is 1.84. The standard InChI is InChI=1S/C16H22O4S/c1-11(2)20-13-5-3-12(4-6-13)16(17)9-14-7-8-15(10-16)21(14,18)19/h3-6,11,14-15,17H,7-10H2,1-2H3. The number of hydrogen-bond acceptors (Lipinski definition) is 4. The summed E-state index contributed by atoms with van der Waals surface area (Å²) in [5, 5.41) is 10.2. The highest BCUT2D eigenvalue weighted by Gasteiger charge is 2.53. The Morgan fingerprint density at radius 3 is 2.14 bits per heavy atom. The SMILES string of the molecule is CC(C)Oc1ccc(C2(O)CC3CCC(C2)S3(=O)=O)cc1. The number of ether oxygens (including phenoxy) is 1. The van der Waals surface area contributed by atoms with Crippen LogP contribution in [0.2, 0.25) is 0 Å². The van der Waals surface area contributed by atoms with Gasteiger partial charge in [0.15, 0.2) is 9.84 Å². The predicted octanol–water partition coefficient (Wildman–Crippen LogP) is 2.40. The van der Waals surface area contributed by atoms with Crippen LogP contribution < -0.4 is 4.74 Å². The van der Waals surface area contributed by atoms with Crippen molar-refractivity contribution < 1.29 is 18.3 Å². The van der Waals surface area contributed by atoms with Crippen molar-refractivity contribution in [1.29, 1.82) is 0 Å². The van der Waals surface area contributed by atoms with Gasteiger partial charge < -0.3 is 9.84 Å². The van der Waals surface area contributed by atoms with Crippen LogP contribution in [0.25, 0.3) is 0 Å². The molecule has 0 saturated carbocycles. The molecule has 0 amide bonds. The Morgan fingerprint density at radius 1 is 1.14 bits per heavy atom. The summed E-state index contributed by atoms with van der Waals surface area (Å²) in [5.41, 5.74) is -0.224. The Bertz CT molecular complexity index is 598. The monoisotopic (exact) mass is 310 g/mol. The first-order valence-electron chi connectivity index (χ1n) is 7.53. The van der Waals surface area contributed by atoms with Crippen LogP contribution in [0.4, 0.5) is 0 Å². The molecule has 1 N–H and O–H groups in total. The molecule has 2 fully saturated rings. The molecule has 2 aliphatic heterocycles. The summed E-state index contributed by atoms with van der Waals surface area (Å²) >= 11 is 0. The topological polar surface area (TPSA) is 63.6 Å². The second-order valence-corrected chi connectivity index (χ2v) is 9.05. The van der Waals surface area contributed by atoms with Gasteiger partial charge >= 0.3 is 0 Å². The summed E-state index contributed by atoms with van der Waals surface area (Å²) in [5.74, 6) is 0.767. The molecule has 1 aromatic rings. The molecular formula is C16H22O4S. The van der Waals surface area contributed by atoms with Crippen molar-refractivity contribution in [2.24, 2.45) is 0 Å². The largest absolute Gasteiger partial charge is 0.491 e. The number of rotatable bonds is 3. The molecular weight excluding hydrogens is 288 g/mol. The van der Waals surface area contributed by atoms with Gasteiger partial charge in [0.05, 0.1) is 22.2 Å². The van der Waals surface area contributed by atoms with Crippen molar-refractivity contribution in [2.45, 2.75) is 61.7 Å². The van der Waals surface area contributed by atoms with Crippen molar-refractivity contribution in [1.82, 2.24) is 0 Å². The molecule has 2 bridgehead atoms. The van der Waals surface area contributed by atoms with Crippen molar-refractivity contribution >= 4 is 9.84 Å². The highest BCUT2D eigenvalue weighted by molar-refractivity contribution is 7.93. The third-order valence-electron chi connectivity index (χ3n) is 4.63. The molecule has 5 heteroatoms. The van der Waals surface area contributed by atoms with Gasteiger partial charge in [-0.3, -0.25) is 0 Å². The molecule has 116 valence electrons. The van der Waals surface area contributed by atoms with E-state index in [0.29, 0.717) is 25.7 Å².